The van der Waals surface area contributed by atoms with Gasteiger partial charge in [-0.2, -0.15) is 9.67 Å². The minimum absolute atomic E-state index is 0.0649. The van der Waals surface area contributed by atoms with Gasteiger partial charge in [0, 0.05) is 5.92 Å². The second kappa shape index (κ2) is 3.73. The first-order valence-corrected chi connectivity index (χ1v) is 4.90. The molecule has 4 heteroatoms. The van der Waals surface area contributed by atoms with Gasteiger partial charge >= 0.3 is 6.01 Å². The summed E-state index contributed by atoms with van der Waals surface area (Å²) in [6.45, 7) is 3.98. The van der Waals surface area contributed by atoms with E-state index in [0.717, 1.165) is 5.69 Å². The Balaban J connectivity index is 2.45. The predicted octanol–water partition coefficient (Wildman–Crippen LogP) is 2.10. The molecule has 0 aliphatic heterocycles. The lowest BCUT2D eigenvalue weighted by molar-refractivity contribution is 0.415. The normalized spacial score (nSPS) is 10.9. The van der Waals surface area contributed by atoms with Crippen LogP contribution in [-0.2, 0) is 0 Å². The molecule has 0 atom stereocenters. The van der Waals surface area contributed by atoms with Gasteiger partial charge in [0.15, 0.2) is 5.82 Å². The Hall–Kier alpha value is -1.84. The summed E-state index contributed by atoms with van der Waals surface area (Å²) in [7, 11) is 0. The van der Waals surface area contributed by atoms with Crippen LogP contribution in [0, 0.1) is 0 Å². The highest BCUT2D eigenvalue weighted by molar-refractivity contribution is 5.32. The first-order chi connectivity index (χ1) is 7.18. The van der Waals surface area contributed by atoms with Gasteiger partial charge in [-0.15, -0.1) is 5.10 Å². The van der Waals surface area contributed by atoms with Crippen molar-refractivity contribution in [1.82, 2.24) is 14.8 Å². The van der Waals surface area contributed by atoms with Gasteiger partial charge in [0.05, 0.1) is 5.69 Å². The van der Waals surface area contributed by atoms with Crippen LogP contribution in [0.25, 0.3) is 5.69 Å². The lowest BCUT2D eigenvalue weighted by Crippen LogP contribution is -1.97. The van der Waals surface area contributed by atoms with Crippen molar-refractivity contribution in [2.24, 2.45) is 0 Å². The molecule has 0 saturated carbocycles. The average Bonchev–Trinajstić information content (AvgIpc) is 2.62. The van der Waals surface area contributed by atoms with E-state index >= 15 is 0 Å². The Morgan fingerprint density at radius 3 is 2.40 bits per heavy atom. The minimum atomic E-state index is -0.0649. The SMILES string of the molecule is CC(C)c1nc(O)n(-c2ccccc2)n1. The van der Waals surface area contributed by atoms with Crippen LogP contribution >= 0.6 is 0 Å². The topological polar surface area (TPSA) is 50.9 Å². The highest BCUT2D eigenvalue weighted by Gasteiger charge is 2.12. The second-order valence-electron chi connectivity index (χ2n) is 3.67. The molecule has 2 rings (SSSR count). The third kappa shape index (κ3) is 1.83. The maximum atomic E-state index is 9.62. The maximum absolute atomic E-state index is 9.62. The van der Waals surface area contributed by atoms with Crippen molar-refractivity contribution in [1.29, 1.82) is 0 Å². The number of aromatic nitrogens is 3. The van der Waals surface area contributed by atoms with Gasteiger partial charge in [0.25, 0.3) is 0 Å². The summed E-state index contributed by atoms with van der Waals surface area (Å²) >= 11 is 0. The molecule has 1 heterocycles. The van der Waals surface area contributed by atoms with Crippen LogP contribution in [0.2, 0.25) is 0 Å². The van der Waals surface area contributed by atoms with Crippen LogP contribution in [-0.4, -0.2) is 19.9 Å². The van der Waals surface area contributed by atoms with Crippen molar-refractivity contribution in [3.63, 3.8) is 0 Å². The average molecular weight is 203 g/mol. The Kier molecular flexibility index (Phi) is 2.41. The summed E-state index contributed by atoms with van der Waals surface area (Å²) in [5.74, 6) is 0.859. The fraction of sp³-hybridized carbons (Fsp3) is 0.273. The van der Waals surface area contributed by atoms with Gasteiger partial charge in [0.2, 0.25) is 0 Å². The predicted molar refractivity (Wildman–Crippen MR) is 57.1 cm³/mol. The molecule has 0 fully saturated rings. The molecule has 0 bridgehead atoms. The highest BCUT2D eigenvalue weighted by Crippen LogP contribution is 2.17. The summed E-state index contributed by atoms with van der Waals surface area (Å²) in [6.07, 6.45) is 0. The first kappa shape index (κ1) is 9.71. The molecule has 1 aromatic heterocycles. The zero-order valence-corrected chi connectivity index (χ0v) is 8.75. The molecule has 0 aliphatic carbocycles. The molecular formula is C11H13N3O. The Morgan fingerprint density at radius 1 is 1.20 bits per heavy atom. The van der Waals surface area contributed by atoms with Crippen LogP contribution < -0.4 is 0 Å². The van der Waals surface area contributed by atoms with Crippen LogP contribution in [0.4, 0.5) is 0 Å². The van der Waals surface area contributed by atoms with E-state index in [-0.39, 0.29) is 11.9 Å². The van der Waals surface area contributed by atoms with E-state index in [9.17, 15) is 5.11 Å². The Morgan fingerprint density at radius 2 is 1.87 bits per heavy atom. The molecular weight excluding hydrogens is 190 g/mol. The molecule has 0 saturated heterocycles. The van der Waals surface area contributed by atoms with Gasteiger partial charge in [-0.3, -0.25) is 0 Å². The van der Waals surface area contributed by atoms with Gasteiger partial charge < -0.3 is 5.11 Å². The van der Waals surface area contributed by atoms with Crippen LogP contribution in [0.1, 0.15) is 25.6 Å². The zero-order chi connectivity index (χ0) is 10.8. The fourth-order valence-corrected chi connectivity index (χ4v) is 1.31. The van der Waals surface area contributed by atoms with Crippen molar-refractivity contribution in [2.75, 3.05) is 0 Å². The summed E-state index contributed by atoms with van der Waals surface area (Å²) < 4.78 is 1.44. The minimum Gasteiger partial charge on any atom is -0.479 e. The van der Waals surface area contributed by atoms with Crippen molar-refractivity contribution < 1.29 is 5.11 Å². The van der Waals surface area contributed by atoms with E-state index in [4.69, 9.17) is 0 Å². The zero-order valence-electron chi connectivity index (χ0n) is 8.75. The summed E-state index contributed by atoms with van der Waals surface area (Å²) in [5, 5.41) is 13.9. The van der Waals surface area contributed by atoms with Gasteiger partial charge in [0.1, 0.15) is 0 Å². The number of para-hydroxylation sites is 1. The third-order valence-corrected chi connectivity index (χ3v) is 2.12. The van der Waals surface area contributed by atoms with Crippen molar-refractivity contribution >= 4 is 0 Å². The molecule has 0 unspecified atom stereocenters. The largest absolute Gasteiger partial charge is 0.479 e. The maximum Gasteiger partial charge on any atom is 0.317 e. The summed E-state index contributed by atoms with van der Waals surface area (Å²) in [5.41, 5.74) is 0.814. The smallest absolute Gasteiger partial charge is 0.317 e. The molecule has 0 amide bonds. The van der Waals surface area contributed by atoms with E-state index in [1.54, 1.807) is 0 Å². The molecule has 15 heavy (non-hydrogen) atoms. The molecule has 0 aliphatic rings. The van der Waals surface area contributed by atoms with Crippen LogP contribution in [0.15, 0.2) is 30.3 Å². The summed E-state index contributed by atoms with van der Waals surface area (Å²) in [6, 6.07) is 9.39. The fourth-order valence-electron chi connectivity index (χ4n) is 1.31. The van der Waals surface area contributed by atoms with E-state index < -0.39 is 0 Å². The van der Waals surface area contributed by atoms with Crippen molar-refractivity contribution in [2.45, 2.75) is 19.8 Å². The Labute approximate surface area is 88.2 Å². The van der Waals surface area contributed by atoms with Crippen molar-refractivity contribution in [3.8, 4) is 11.7 Å². The molecule has 1 aromatic carbocycles. The molecule has 1 N–H and O–H groups in total. The van der Waals surface area contributed by atoms with Crippen molar-refractivity contribution in [3.05, 3.63) is 36.2 Å². The second-order valence-corrected chi connectivity index (χ2v) is 3.67. The first-order valence-electron chi connectivity index (χ1n) is 4.90. The highest BCUT2D eigenvalue weighted by atomic mass is 16.3. The number of nitrogens with zero attached hydrogens (tertiary/aromatic N) is 3. The number of hydrogen-bond acceptors (Lipinski definition) is 3. The number of rotatable bonds is 2. The number of aromatic hydroxyl groups is 1. The third-order valence-electron chi connectivity index (χ3n) is 2.12. The summed E-state index contributed by atoms with van der Waals surface area (Å²) in [4.78, 5) is 3.99. The Bertz CT molecular complexity index is 448. The quantitative estimate of drug-likeness (QED) is 0.813. The molecule has 2 aromatic rings. The lowest BCUT2D eigenvalue weighted by Gasteiger charge is -2.00. The van der Waals surface area contributed by atoms with Gasteiger partial charge in [-0.25, -0.2) is 0 Å². The number of benzene rings is 1. The number of hydrogen-bond donors (Lipinski definition) is 1. The monoisotopic (exact) mass is 203 g/mol. The molecule has 0 spiro atoms. The molecule has 78 valence electrons. The standard InChI is InChI=1S/C11H13N3O/c1-8(2)10-12-11(15)14(13-10)9-6-4-3-5-7-9/h3-8H,1-2H3,(H,12,13,15). The van der Waals surface area contributed by atoms with Gasteiger partial charge in [-0.1, -0.05) is 32.0 Å². The van der Waals surface area contributed by atoms with E-state index in [1.807, 2.05) is 44.2 Å². The van der Waals surface area contributed by atoms with Crippen LogP contribution in [0.3, 0.4) is 0 Å². The molecule has 4 nitrogen and oxygen atoms in total. The van der Waals surface area contributed by atoms with E-state index in [2.05, 4.69) is 10.1 Å². The molecule has 0 radical (unpaired) electrons. The van der Waals surface area contributed by atoms with E-state index in [1.165, 1.54) is 4.68 Å². The van der Waals surface area contributed by atoms with E-state index in [0.29, 0.717) is 5.82 Å². The lowest BCUT2D eigenvalue weighted by atomic mass is 10.2. The van der Waals surface area contributed by atoms with Crippen LogP contribution in [0.5, 0.6) is 6.01 Å². The van der Waals surface area contributed by atoms with Gasteiger partial charge in [-0.05, 0) is 12.1 Å².